The van der Waals surface area contributed by atoms with E-state index < -0.39 is 6.61 Å². The molecule has 25 heavy (non-hydrogen) atoms. The highest BCUT2D eigenvalue weighted by Gasteiger charge is 2.10. The highest BCUT2D eigenvalue weighted by Crippen LogP contribution is 2.28. The molecule has 1 atom stereocenters. The van der Waals surface area contributed by atoms with E-state index >= 15 is 0 Å². The van der Waals surface area contributed by atoms with E-state index in [1.165, 1.54) is 6.07 Å². The molecule has 0 bridgehead atoms. The van der Waals surface area contributed by atoms with Crippen molar-refractivity contribution in [3.05, 3.63) is 53.6 Å². The number of alkyl halides is 2. The molecule has 0 spiro atoms. The Morgan fingerprint density at radius 3 is 2.56 bits per heavy atom. The molecule has 1 N–H and O–H groups in total. The van der Waals surface area contributed by atoms with Gasteiger partial charge in [-0.2, -0.15) is 8.78 Å². The third-order valence-corrected chi connectivity index (χ3v) is 3.72. The molecule has 6 heteroatoms. The summed E-state index contributed by atoms with van der Waals surface area (Å²) in [7, 11) is 1.60. The number of rotatable bonds is 9. The van der Waals surface area contributed by atoms with E-state index in [0.29, 0.717) is 24.7 Å². The maximum Gasteiger partial charge on any atom is 0.387 e. The van der Waals surface area contributed by atoms with Crippen molar-refractivity contribution in [1.82, 2.24) is 5.32 Å². The van der Waals surface area contributed by atoms with Gasteiger partial charge in [0.2, 0.25) is 0 Å². The van der Waals surface area contributed by atoms with Crippen LogP contribution in [-0.4, -0.2) is 20.3 Å². The van der Waals surface area contributed by atoms with Gasteiger partial charge in [0.15, 0.2) is 11.5 Å². The minimum absolute atomic E-state index is 0.0288. The first-order chi connectivity index (χ1) is 12.0. The second-order valence-electron chi connectivity index (χ2n) is 5.47. The summed E-state index contributed by atoms with van der Waals surface area (Å²) in [6.45, 7) is 2.22. The van der Waals surface area contributed by atoms with Gasteiger partial charge >= 0.3 is 6.61 Å². The predicted octanol–water partition coefficient (Wildman–Crippen LogP) is 4.55. The van der Waals surface area contributed by atoms with Crippen LogP contribution in [0.5, 0.6) is 17.2 Å². The van der Waals surface area contributed by atoms with Crippen LogP contribution in [0.15, 0.2) is 42.5 Å². The lowest BCUT2D eigenvalue weighted by molar-refractivity contribution is -0.0499. The first-order valence-electron chi connectivity index (χ1n) is 8.11. The van der Waals surface area contributed by atoms with Gasteiger partial charge in [0.1, 0.15) is 5.75 Å². The average molecular weight is 351 g/mol. The van der Waals surface area contributed by atoms with E-state index in [4.69, 9.17) is 9.47 Å². The average Bonchev–Trinajstić information content (AvgIpc) is 2.60. The minimum atomic E-state index is -2.82. The van der Waals surface area contributed by atoms with Crippen LogP contribution in [0.4, 0.5) is 8.78 Å². The molecule has 1 unspecified atom stereocenters. The fourth-order valence-electron chi connectivity index (χ4n) is 2.45. The summed E-state index contributed by atoms with van der Waals surface area (Å²) < 4.78 is 39.9. The first-order valence-corrected chi connectivity index (χ1v) is 8.11. The lowest BCUT2D eigenvalue weighted by atomic mass is 10.1. The van der Waals surface area contributed by atoms with Crippen LogP contribution in [0, 0.1) is 0 Å². The number of hydrogen-bond acceptors (Lipinski definition) is 4. The summed E-state index contributed by atoms with van der Waals surface area (Å²) in [4.78, 5) is 0. The minimum Gasteiger partial charge on any atom is -0.493 e. The number of ether oxygens (including phenoxy) is 3. The second-order valence-corrected chi connectivity index (χ2v) is 5.47. The summed E-state index contributed by atoms with van der Waals surface area (Å²) in [5.41, 5.74) is 1.91. The van der Waals surface area contributed by atoms with Gasteiger partial charge in [-0.1, -0.05) is 18.2 Å². The first kappa shape index (κ1) is 19.0. The molecule has 0 aromatic heterocycles. The zero-order valence-electron chi connectivity index (χ0n) is 14.6. The van der Waals surface area contributed by atoms with Gasteiger partial charge in [-0.3, -0.25) is 0 Å². The van der Waals surface area contributed by atoms with Crippen molar-refractivity contribution in [3.63, 3.8) is 0 Å². The molecule has 0 aliphatic heterocycles. The van der Waals surface area contributed by atoms with E-state index in [2.05, 4.69) is 10.1 Å². The van der Waals surface area contributed by atoms with E-state index in [1.807, 2.05) is 38.1 Å². The number of hydrogen-bond donors (Lipinski definition) is 1. The molecule has 2 aromatic carbocycles. The van der Waals surface area contributed by atoms with Crippen molar-refractivity contribution in [1.29, 1.82) is 0 Å². The van der Waals surface area contributed by atoms with Crippen LogP contribution in [0.25, 0.3) is 0 Å². The highest BCUT2D eigenvalue weighted by atomic mass is 19.3. The molecule has 4 nitrogen and oxygen atoms in total. The Kier molecular flexibility index (Phi) is 7.01. The van der Waals surface area contributed by atoms with Crippen LogP contribution in [0.2, 0.25) is 0 Å². The zero-order chi connectivity index (χ0) is 18.2. The van der Waals surface area contributed by atoms with Gasteiger partial charge < -0.3 is 19.5 Å². The zero-order valence-corrected chi connectivity index (χ0v) is 14.6. The van der Waals surface area contributed by atoms with Crippen LogP contribution >= 0.6 is 0 Å². The van der Waals surface area contributed by atoms with Crippen molar-refractivity contribution in [2.45, 2.75) is 33.0 Å². The Balaban J connectivity index is 2.02. The monoisotopic (exact) mass is 351 g/mol. The summed E-state index contributed by atoms with van der Waals surface area (Å²) in [5, 5.41) is 3.36. The molecular weight excluding hydrogens is 328 g/mol. The van der Waals surface area contributed by atoms with E-state index in [-0.39, 0.29) is 11.8 Å². The molecule has 136 valence electrons. The predicted molar refractivity (Wildman–Crippen MR) is 92.5 cm³/mol. The van der Waals surface area contributed by atoms with Gasteiger partial charge in [0, 0.05) is 12.6 Å². The van der Waals surface area contributed by atoms with Crippen molar-refractivity contribution >= 4 is 0 Å². The third kappa shape index (κ3) is 5.60. The van der Waals surface area contributed by atoms with Gasteiger partial charge in [-0.05, 0) is 49.2 Å². The summed E-state index contributed by atoms with van der Waals surface area (Å²) in [6, 6.07) is 12.4. The number of halogens is 2. The molecule has 0 amide bonds. The molecule has 0 radical (unpaired) electrons. The standard InChI is InChI=1S/C19H23F2NO3/c1-4-24-18-10-14(8-9-17(18)23-3)12-22-13(2)15-6-5-7-16(11-15)25-19(20)21/h5-11,13,19,22H,4,12H2,1-3H3. The van der Waals surface area contributed by atoms with Gasteiger partial charge in [0.25, 0.3) is 0 Å². The maximum atomic E-state index is 12.3. The van der Waals surface area contributed by atoms with Gasteiger partial charge in [0.05, 0.1) is 13.7 Å². The third-order valence-electron chi connectivity index (χ3n) is 3.72. The molecular formula is C19H23F2NO3. The smallest absolute Gasteiger partial charge is 0.387 e. The Bertz CT molecular complexity index is 679. The van der Waals surface area contributed by atoms with E-state index in [1.54, 1.807) is 19.2 Å². The Morgan fingerprint density at radius 2 is 1.88 bits per heavy atom. The quantitative estimate of drug-likeness (QED) is 0.720. The maximum absolute atomic E-state index is 12.3. The molecule has 0 aliphatic rings. The number of methoxy groups -OCH3 is 1. The van der Waals surface area contributed by atoms with Crippen LogP contribution in [0.3, 0.4) is 0 Å². The van der Waals surface area contributed by atoms with Crippen molar-refractivity contribution < 1.29 is 23.0 Å². The van der Waals surface area contributed by atoms with E-state index in [9.17, 15) is 8.78 Å². The normalized spacial score (nSPS) is 12.1. The molecule has 2 rings (SSSR count). The number of nitrogens with one attached hydrogen (secondary N) is 1. The molecule has 0 fully saturated rings. The molecule has 0 saturated heterocycles. The summed E-state index contributed by atoms with van der Waals surface area (Å²) >= 11 is 0. The number of benzene rings is 2. The molecule has 0 aliphatic carbocycles. The van der Waals surface area contributed by atoms with Gasteiger partial charge in [-0.25, -0.2) is 0 Å². The largest absolute Gasteiger partial charge is 0.493 e. The van der Waals surface area contributed by atoms with Crippen molar-refractivity contribution in [3.8, 4) is 17.2 Å². The van der Waals surface area contributed by atoms with Crippen molar-refractivity contribution in [2.75, 3.05) is 13.7 Å². The van der Waals surface area contributed by atoms with Crippen LogP contribution in [0.1, 0.15) is 31.0 Å². The van der Waals surface area contributed by atoms with E-state index in [0.717, 1.165) is 11.1 Å². The molecule has 0 heterocycles. The molecule has 2 aromatic rings. The Morgan fingerprint density at radius 1 is 1.08 bits per heavy atom. The lowest BCUT2D eigenvalue weighted by Crippen LogP contribution is -2.18. The lowest BCUT2D eigenvalue weighted by Gasteiger charge is -2.16. The highest BCUT2D eigenvalue weighted by molar-refractivity contribution is 5.43. The van der Waals surface area contributed by atoms with Crippen molar-refractivity contribution in [2.24, 2.45) is 0 Å². The Labute approximate surface area is 146 Å². The van der Waals surface area contributed by atoms with Crippen LogP contribution in [-0.2, 0) is 6.54 Å². The van der Waals surface area contributed by atoms with Gasteiger partial charge in [-0.15, -0.1) is 0 Å². The second kappa shape index (κ2) is 9.22. The fraction of sp³-hybridized carbons (Fsp3) is 0.368. The van der Waals surface area contributed by atoms with Crippen LogP contribution < -0.4 is 19.5 Å². The summed E-state index contributed by atoms with van der Waals surface area (Å²) in [6.07, 6.45) is 0. The molecule has 0 saturated carbocycles. The SMILES string of the molecule is CCOc1cc(CNC(C)c2cccc(OC(F)F)c2)ccc1OC. The topological polar surface area (TPSA) is 39.7 Å². The Hall–Kier alpha value is -2.34. The fourth-order valence-corrected chi connectivity index (χ4v) is 2.45. The summed E-state index contributed by atoms with van der Waals surface area (Å²) in [5.74, 6) is 1.55.